The number of rotatable bonds is 2. The molecule has 0 fully saturated rings. The number of anilines is 3. The van der Waals surface area contributed by atoms with Gasteiger partial charge < -0.3 is 4.42 Å². The molecule has 0 saturated heterocycles. The van der Waals surface area contributed by atoms with Crippen molar-refractivity contribution in [3.63, 3.8) is 0 Å². The van der Waals surface area contributed by atoms with Gasteiger partial charge in [0.1, 0.15) is 11.2 Å². The number of hydrogen-bond donors (Lipinski definition) is 0. The summed E-state index contributed by atoms with van der Waals surface area (Å²) in [7, 11) is 0. The number of benzene rings is 7. The van der Waals surface area contributed by atoms with E-state index < -0.39 is 0 Å². The molecule has 3 heterocycles. The fourth-order valence-corrected chi connectivity index (χ4v) is 7.03. The predicted molar refractivity (Wildman–Crippen MR) is 181 cm³/mol. The molecule has 0 N–H and O–H groups in total. The normalized spacial score (nSPS) is 12.5. The van der Waals surface area contributed by atoms with E-state index in [1.165, 1.54) is 32.7 Å². The quantitative estimate of drug-likeness (QED) is 0.211. The van der Waals surface area contributed by atoms with E-state index >= 15 is 0 Å². The zero-order chi connectivity index (χ0) is 28.8. The van der Waals surface area contributed by atoms with Crippen LogP contribution in [-0.2, 0) is 0 Å². The zero-order valence-electron chi connectivity index (χ0n) is 23.5. The van der Waals surface area contributed by atoms with Crippen molar-refractivity contribution in [1.29, 1.82) is 0 Å². The van der Waals surface area contributed by atoms with E-state index in [0.29, 0.717) is 5.95 Å². The van der Waals surface area contributed by atoms with Gasteiger partial charge in [-0.2, -0.15) is 0 Å². The molecule has 4 nitrogen and oxygen atoms in total. The molecular formula is C40H23N3O. The number of para-hydroxylation sites is 2. The molecule has 0 saturated carbocycles. The van der Waals surface area contributed by atoms with E-state index in [2.05, 4.69) is 126 Å². The molecule has 0 amide bonds. The molecule has 1 aliphatic rings. The first-order valence-corrected chi connectivity index (χ1v) is 14.8. The molecule has 9 aromatic rings. The topological polar surface area (TPSA) is 42.2 Å². The van der Waals surface area contributed by atoms with Crippen LogP contribution in [0.5, 0.6) is 0 Å². The van der Waals surface area contributed by atoms with Gasteiger partial charge in [0.05, 0.1) is 22.6 Å². The molecule has 44 heavy (non-hydrogen) atoms. The van der Waals surface area contributed by atoms with Crippen LogP contribution in [0.25, 0.3) is 76.8 Å². The Morgan fingerprint density at radius 3 is 2.18 bits per heavy atom. The highest BCUT2D eigenvalue weighted by Gasteiger charge is 2.30. The van der Waals surface area contributed by atoms with Crippen LogP contribution in [0, 0.1) is 0 Å². The van der Waals surface area contributed by atoms with E-state index in [4.69, 9.17) is 14.4 Å². The van der Waals surface area contributed by atoms with Crippen LogP contribution in [0.2, 0.25) is 0 Å². The summed E-state index contributed by atoms with van der Waals surface area (Å²) in [5.74, 6) is 0.649. The molecule has 0 aliphatic carbocycles. The van der Waals surface area contributed by atoms with Gasteiger partial charge in [0, 0.05) is 38.1 Å². The standard InChI is InChI=1S/C40H23N3O/c1-2-12-27-24(9-1)19-21-30-29-15-7-10-25-11-8-17-34(37(25)29)43(39(27)30)40-41-33-16-5-3-14-31(33)38(42-40)26-20-22-36-32(23-26)28-13-4-6-18-35(28)44-36/h1-23H. The molecule has 1 aliphatic heterocycles. The van der Waals surface area contributed by atoms with Crippen LogP contribution in [-0.4, -0.2) is 9.97 Å². The summed E-state index contributed by atoms with van der Waals surface area (Å²) in [5, 5.41) is 7.95. The smallest absolute Gasteiger partial charge is 0.235 e. The summed E-state index contributed by atoms with van der Waals surface area (Å²) in [6, 6.07) is 49.0. The first-order valence-electron chi connectivity index (χ1n) is 14.8. The van der Waals surface area contributed by atoms with Gasteiger partial charge in [-0.1, -0.05) is 103 Å². The minimum atomic E-state index is 0.649. The molecule has 10 rings (SSSR count). The van der Waals surface area contributed by atoms with E-state index in [1.807, 2.05) is 18.2 Å². The van der Waals surface area contributed by atoms with Gasteiger partial charge in [0.15, 0.2) is 0 Å². The zero-order valence-corrected chi connectivity index (χ0v) is 23.5. The summed E-state index contributed by atoms with van der Waals surface area (Å²) < 4.78 is 6.15. The molecule has 0 atom stereocenters. The van der Waals surface area contributed by atoms with Gasteiger partial charge in [0.2, 0.25) is 5.95 Å². The Morgan fingerprint density at radius 1 is 0.500 bits per heavy atom. The number of aromatic nitrogens is 2. The third-order valence-corrected chi connectivity index (χ3v) is 8.98. The Bertz CT molecular complexity index is 2630. The van der Waals surface area contributed by atoms with Crippen molar-refractivity contribution in [2.45, 2.75) is 0 Å². The SMILES string of the molecule is c1ccc2c3c(ccc2c1)-c1cccc2cccc(c12)N3c1nc(-c2ccc3oc4ccccc4c3c2)c2ccccc2n1. The van der Waals surface area contributed by atoms with Crippen LogP contribution in [0.3, 0.4) is 0 Å². The number of furan rings is 1. The second kappa shape index (κ2) is 8.76. The van der Waals surface area contributed by atoms with Crippen molar-refractivity contribution < 1.29 is 4.42 Å². The van der Waals surface area contributed by atoms with Crippen molar-refractivity contribution in [2.75, 3.05) is 4.90 Å². The minimum Gasteiger partial charge on any atom is -0.456 e. The van der Waals surface area contributed by atoms with Gasteiger partial charge in [0.25, 0.3) is 0 Å². The lowest BCUT2D eigenvalue weighted by Crippen LogP contribution is -2.18. The Hall–Kier alpha value is -6.00. The van der Waals surface area contributed by atoms with Gasteiger partial charge in [-0.3, -0.25) is 4.90 Å². The van der Waals surface area contributed by atoms with E-state index in [0.717, 1.165) is 55.5 Å². The minimum absolute atomic E-state index is 0.649. The Kier molecular flexibility index (Phi) is 4.69. The summed E-state index contributed by atoms with van der Waals surface area (Å²) in [4.78, 5) is 12.9. The van der Waals surface area contributed by atoms with E-state index in [9.17, 15) is 0 Å². The Labute approximate surface area is 252 Å². The molecular weight excluding hydrogens is 538 g/mol. The molecule has 0 spiro atoms. The van der Waals surface area contributed by atoms with Gasteiger partial charge >= 0.3 is 0 Å². The van der Waals surface area contributed by atoms with Crippen molar-refractivity contribution in [3.05, 3.63) is 140 Å². The van der Waals surface area contributed by atoms with Gasteiger partial charge in [-0.05, 0) is 52.7 Å². The first kappa shape index (κ1) is 23.6. The maximum Gasteiger partial charge on any atom is 0.235 e. The van der Waals surface area contributed by atoms with Crippen LogP contribution >= 0.6 is 0 Å². The van der Waals surface area contributed by atoms with Gasteiger partial charge in [-0.25, -0.2) is 9.97 Å². The first-order chi connectivity index (χ1) is 21.8. The van der Waals surface area contributed by atoms with E-state index in [-0.39, 0.29) is 0 Å². The predicted octanol–water partition coefficient (Wildman–Crippen LogP) is 11.0. The molecule has 4 heteroatoms. The lowest BCUT2D eigenvalue weighted by atomic mass is 9.89. The fourth-order valence-electron chi connectivity index (χ4n) is 7.03. The third kappa shape index (κ3) is 3.22. The average molecular weight is 562 g/mol. The molecule has 0 unspecified atom stereocenters. The molecule has 7 aromatic carbocycles. The largest absolute Gasteiger partial charge is 0.456 e. The summed E-state index contributed by atoms with van der Waals surface area (Å²) in [6.45, 7) is 0. The van der Waals surface area contributed by atoms with Crippen LogP contribution in [0.15, 0.2) is 144 Å². The van der Waals surface area contributed by atoms with Crippen molar-refractivity contribution in [3.8, 4) is 22.4 Å². The monoisotopic (exact) mass is 561 g/mol. The highest BCUT2D eigenvalue weighted by atomic mass is 16.3. The Morgan fingerprint density at radius 2 is 1.25 bits per heavy atom. The van der Waals surface area contributed by atoms with Crippen LogP contribution in [0.4, 0.5) is 17.3 Å². The molecule has 0 radical (unpaired) electrons. The van der Waals surface area contributed by atoms with E-state index in [1.54, 1.807) is 0 Å². The maximum absolute atomic E-state index is 6.15. The molecule has 2 aromatic heterocycles. The summed E-state index contributed by atoms with van der Waals surface area (Å²) >= 11 is 0. The van der Waals surface area contributed by atoms with Crippen molar-refractivity contribution in [1.82, 2.24) is 9.97 Å². The number of fused-ring (bicyclic) bond motifs is 8. The average Bonchev–Trinajstić information content (AvgIpc) is 3.46. The maximum atomic E-state index is 6.15. The highest BCUT2D eigenvalue weighted by Crippen LogP contribution is 2.53. The van der Waals surface area contributed by atoms with Crippen molar-refractivity contribution in [2.24, 2.45) is 0 Å². The highest BCUT2D eigenvalue weighted by molar-refractivity contribution is 6.18. The van der Waals surface area contributed by atoms with Crippen LogP contribution < -0.4 is 4.90 Å². The lowest BCUT2D eigenvalue weighted by molar-refractivity contribution is 0.669. The fraction of sp³-hybridized carbons (Fsp3) is 0. The molecule has 204 valence electrons. The second-order valence-corrected chi connectivity index (χ2v) is 11.4. The summed E-state index contributed by atoms with van der Waals surface area (Å²) in [6.07, 6.45) is 0. The van der Waals surface area contributed by atoms with Crippen LogP contribution in [0.1, 0.15) is 0 Å². The lowest BCUT2D eigenvalue weighted by Gasteiger charge is -2.33. The van der Waals surface area contributed by atoms with Crippen molar-refractivity contribution >= 4 is 71.7 Å². The third-order valence-electron chi connectivity index (χ3n) is 8.98. The van der Waals surface area contributed by atoms with Gasteiger partial charge in [-0.15, -0.1) is 0 Å². The second-order valence-electron chi connectivity index (χ2n) is 11.4. The number of hydrogen-bond acceptors (Lipinski definition) is 4. The summed E-state index contributed by atoms with van der Waals surface area (Å²) in [5.41, 5.74) is 9.17. The molecule has 0 bridgehead atoms. The number of nitrogens with zero attached hydrogens (tertiary/aromatic N) is 3. The Balaban J connectivity index is 1.31.